The number of carbonyl (C=O) groups excluding carboxylic acids is 1. The first kappa shape index (κ1) is 64.6. The molecule has 0 bridgehead atoms. The van der Waals surface area contributed by atoms with Crippen LogP contribution in [0.4, 0.5) is 0 Å². The number of rotatable bonds is 46. The van der Waals surface area contributed by atoms with E-state index in [4.69, 9.17) is 29.4 Å². The third-order valence-electron chi connectivity index (χ3n) is 9.80. The van der Waals surface area contributed by atoms with E-state index in [1.807, 2.05) is 6.08 Å². The molecule has 4 N–H and O–H groups in total. The number of carboxylic acids is 1. The molecule has 0 heterocycles. The molecule has 0 aliphatic heterocycles. The van der Waals surface area contributed by atoms with Gasteiger partial charge in [-0.25, -0.2) is 4.57 Å². The lowest BCUT2D eigenvalue weighted by molar-refractivity contribution is -0.154. The number of phosphoric ester groups is 1. The molecule has 0 spiro atoms. The maximum Gasteiger partial charge on any atom is 0.472 e. The van der Waals surface area contributed by atoms with Gasteiger partial charge in [0, 0.05) is 13.0 Å². The van der Waals surface area contributed by atoms with E-state index in [-0.39, 0.29) is 13.0 Å². The van der Waals surface area contributed by atoms with Crippen molar-refractivity contribution in [2.24, 2.45) is 5.73 Å². The van der Waals surface area contributed by atoms with Crippen LogP contribution in [0.15, 0.2) is 158 Å². The number of aliphatic carboxylic acids is 1. The predicted molar refractivity (Wildman–Crippen MR) is 290 cm³/mol. The van der Waals surface area contributed by atoms with Gasteiger partial charge in [-0.3, -0.25) is 18.6 Å². The molecular weight excluding hydrogens is 886 g/mol. The average Bonchev–Trinajstić information content (AvgIpc) is 3.33. The highest BCUT2D eigenvalue weighted by Crippen LogP contribution is 2.43. The van der Waals surface area contributed by atoms with Crippen LogP contribution in [0.2, 0.25) is 0 Å². The van der Waals surface area contributed by atoms with Gasteiger partial charge >= 0.3 is 19.8 Å². The molecule has 0 aliphatic carbocycles. The first-order valence-electron chi connectivity index (χ1n) is 25.5. The third-order valence-corrected chi connectivity index (χ3v) is 10.8. The maximum atomic E-state index is 12.7. The van der Waals surface area contributed by atoms with Gasteiger partial charge < -0.3 is 25.2 Å². The predicted octanol–water partition coefficient (Wildman–Crippen LogP) is 15.3. The van der Waals surface area contributed by atoms with Gasteiger partial charge in [-0.15, -0.1) is 0 Å². The fourth-order valence-electron chi connectivity index (χ4n) is 5.95. The number of hydrogen-bond donors (Lipinski definition) is 3. The molecule has 0 aromatic heterocycles. The first-order chi connectivity index (χ1) is 33.7. The van der Waals surface area contributed by atoms with Gasteiger partial charge in [0.1, 0.15) is 12.1 Å². The first-order valence-corrected chi connectivity index (χ1v) is 27.0. The van der Waals surface area contributed by atoms with Crippen LogP contribution in [0.5, 0.6) is 0 Å². The van der Waals surface area contributed by atoms with Gasteiger partial charge in [-0.05, 0) is 116 Å². The second kappa shape index (κ2) is 51.4. The lowest BCUT2D eigenvalue weighted by atomic mass is 10.1. The molecule has 0 saturated heterocycles. The van der Waals surface area contributed by atoms with Gasteiger partial charge in [0.2, 0.25) is 0 Å². The Morgan fingerprint density at radius 1 is 0.464 bits per heavy atom. The summed E-state index contributed by atoms with van der Waals surface area (Å²) in [6.07, 6.45) is 75.9. The molecule has 3 atom stereocenters. The summed E-state index contributed by atoms with van der Waals surface area (Å²) < 4.78 is 33.4. The van der Waals surface area contributed by atoms with Crippen LogP contribution >= 0.6 is 7.82 Å². The fourth-order valence-corrected chi connectivity index (χ4v) is 6.73. The Balaban J connectivity index is 4.36. The van der Waals surface area contributed by atoms with E-state index in [1.165, 1.54) is 0 Å². The molecule has 0 aromatic rings. The monoisotopic (exact) mass is 976 g/mol. The van der Waals surface area contributed by atoms with E-state index in [2.05, 4.69) is 166 Å². The van der Waals surface area contributed by atoms with Crippen molar-refractivity contribution in [2.75, 3.05) is 26.4 Å². The van der Waals surface area contributed by atoms with Crippen molar-refractivity contribution in [3.05, 3.63) is 158 Å². The van der Waals surface area contributed by atoms with Crippen molar-refractivity contribution in [1.82, 2.24) is 0 Å². The highest BCUT2D eigenvalue weighted by molar-refractivity contribution is 7.47. The van der Waals surface area contributed by atoms with Crippen LogP contribution in [0, 0.1) is 0 Å². The van der Waals surface area contributed by atoms with Crippen LogP contribution in [-0.4, -0.2) is 60.5 Å². The maximum absolute atomic E-state index is 12.7. The largest absolute Gasteiger partial charge is 0.480 e. The molecule has 0 rings (SSSR count). The van der Waals surface area contributed by atoms with Crippen LogP contribution in [-0.2, 0) is 32.7 Å². The van der Waals surface area contributed by atoms with Gasteiger partial charge in [-0.2, -0.15) is 0 Å². The average molecular weight is 976 g/mol. The van der Waals surface area contributed by atoms with Crippen LogP contribution in [0.3, 0.4) is 0 Å². The Kier molecular flexibility index (Phi) is 48.2. The molecule has 10 nitrogen and oxygen atoms in total. The minimum atomic E-state index is -4.66. The summed E-state index contributed by atoms with van der Waals surface area (Å²) in [7, 11) is -4.66. The topological polar surface area (TPSA) is 155 Å². The Morgan fingerprint density at radius 2 is 0.797 bits per heavy atom. The van der Waals surface area contributed by atoms with Crippen molar-refractivity contribution in [3.63, 3.8) is 0 Å². The smallest absolute Gasteiger partial charge is 0.472 e. The summed E-state index contributed by atoms with van der Waals surface area (Å²) in [5.41, 5.74) is 5.37. The molecular formula is C58H90NO9P. The Labute approximate surface area is 418 Å². The molecule has 0 saturated carbocycles. The summed E-state index contributed by atoms with van der Waals surface area (Å²) in [6, 6.07) is -1.50. The van der Waals surface area contributed by atoms with Crippen LogP contribution < -0.4 is 5.73 Å². The molecule has 0 radical (unpaired) electrons. The van der Waals surface area contributed by atoms with E-state index in [9.17, 15) is 19.0 Å². The summed E-state index contributed by atoms with van der Waals surface area (Å²) in [5, 5.41) is 8.93. The summed E-state index contributed by atoms with van der Waals surface area (Å²) >= 11 is 0. The minimum absolute atomic E-state index is 0.0328. The van der Waals surface area contributed by atoms with Gasteiger partial charge in [0.25, 0.3) is 0 Å². The molecule has 0 aliphatic rings. The van der Waals surface area contributed by atoms with E-state index in [0.29, 0.717) is 19.4 Å². The number of hydrogen-bond acceptors (Lipinski definition) is 8. The lowest BCUT2D eigenvalue weighted by Gasteiger charge is -2.20. The number of unbranched alkanes of at least 4 members (excludes halogenated alkanes) is 6. The van der Waals surface area contributed by atoms with Crippen molar-refractivity contribution in [2.45, 2.75) is 167 Å². The standard InChI is InChI=1S/C58H90NO9P/c1-3-5-7-9-11-13-15-17-19-21-23-25-27-29-31-33-35-37-39-41-43-45-47-49-51-65-52-55(53-66-69(63,64)67-54-56(59)58(61)62)68-57(60)50-48-46-44-42-40-38-36-34-32-30-28-26-24-22-20-18-16-14-12-10-8-6-4-2/h5-8,11-14,17-20,23-26,29-32,35-38,42,44,55-56H,3-4,9-10,15-16,21-22,27-28,33-34,39-41,43,45-54,59H2,1-2H3,(H,61,62)(H,63,64)/b7-5-,8-6-,13-11-,14-12-,19-17-,20-18-,25-23-,26-24-,31-29-,32-30-,37-35-,38-36-,44-42-. The van der Waals surface area contributed by atoms with E-state index in [1.54, 1.807) is 0 Å². The van der Waals surface area contributed by atoms with Crippen LogP contribution in [0.25, 0.3) is 0 Å². The number of esters is 1. The zero-order valence-corrected chi connectivity index (χ0v) is 43.2. The second-order valence-corrected chi connectivity index (χ2v) is 17.6. The molecule has 11 heteroatoms. The molecule has 0 fully saturated rings. The van der Waals surface area contributed by atoms with E-state index >= 15 is 0 Å². The van der Waals surface area contributed by atoms with Gasteiger partial charge in [-0.1, -0.05) is 191 Å². The third kappa shape index (κ3) is 51.3. The highest BCUT2D eigenvalue weighted by atomic mass is 31.2. The normalized spacial score (nSPS) is 15.0. The zero-order chi connectivity index (χ0) is 50.4. The van der Waals surface area contributed by atoms with Crippen molar-refractivity contribution >= 4 is 19.8 Å². The number of allylic oxidation sites excluding steroid dienone is 26. The van der Waals surface area contributed by atoms with Crippen molar-refractivity contribution in [1.29, 1.82) is 0 Å². The Hall–Kier alpha value is -4.41. The summed E-state index contributed by atoms with van der Waals surface area (Å²) in [6.45, 7) is 3.50. The number of phosphoric acid groups is 1. The number of ether oxygens (including phenoxy) is 2. The van der Waals surface area contributed by atoms with E-state index < -0.39 is 45.1 Å². The molecule has 3 unspecified atom stereocenters. The van der Waals surface area contributed by atoms with Crippen molar-refractivity contribution in [3.8, 4) is 0 Å². The second-order valence-electron chi connectivity index (χ2n) is 16.2. The molecule has 386 valence electrons. The number of carbonyl (C=O) groups is 2. The number of nitrogens with two attached hydrogens (primary N) is 1. The summed E-state index contributed by atoms with van der Waals surface area (Å²) in [4.78, 5) is 33.7. The quantitative estimate of drug-likeness (QED) is 0.0232. The molecule has 0 aromatic carbocycles. The van der Waals surface area contributed by atoms with E-state index in [0.717, 1.165) is 122 Å². The van der Waals surface area contributed by atoms with Crippen LogP contribution in [0.1, 0.15) is 155 Å². The summed E-state index contributed by atoms with van der Waals surface area (Å²) in [5.74, 6) is -1.87. The molecule has 0 amide bonds. The number of carboxylic acid groups (broad SMARTS) is 1. The minimum Gasteiger partial charge on any atom is -0.480 e. The SMILES string of the molecule is CC/C=C\C/C=C\C/C=C\C/C=C\C/C=C\C/C=C\C/C=C\CCCC(=O)OC(COCCCCCCC/C=C\C/C=C\C/C=C\C/C=C\C/C=C\C/C=C\CC)COP(=O)(O)OCC(N)C(=O)O. The zero-order valence-electron chi connectivity index (χ0n) is 42.3. The van der Waals surface area contributed by atoms with Gasteiger partial charge in [0.05, 0.1) is 19.8 Å². The Morgan fingerprint density at radius 3 is 1.19 bits per heavy atom. The van der Waals surface area contributed by atoms with Gasteiger partial charge in [0.15, 0.2) is 0 Å². The Bertz CT molecular complexity index is 1700. The highest BCUT2D eigenvalue weighted by Gasteiger charge is 2.27. The molecule has 69 heavy (non-hydrogen) atoms. The fraction of sp³-hybridized carbons (Fsp3) is 0.517. The lowest BCUT2D eigenvalue weighted by Crippen LogP contribution is -2.34. The van der Waals surface area contributed by atoms with Crippen molar-refractivity contribution < 1.29 is 42.7 Å².